The number of Topliss-reactive ketones (excluding diaryl/α,β-unsaturated/α-hetero) is 3. The summed E-state index contributed by atoms with van der Waals surface area (Å²) in [6.45, 7) is 0.785. The van der Waals surface area contributed by atoms with E-state index >= 15 is 0 Å². The maximum atomic E-state index is 13.2. The van der Waals surface area contributed by atoms with Crippen LogP contribution in [0.5, 0.6) is 5.75 Å². The first-order valence-corrected chi connectivity index (χ1v) is 12.7. The van der Waals surface area contributed by atoms with Crippen molar-refractivity contribution in [2.24, 2.45) is 17.8 Å². The lowest BCUT2D eigenvalue weighted by atomic mass is 9.73. The van der Waals surface area contributed by atoms with Gasteiger partial charge in [0, 0.05) is 28.5 Å². The number of aliphatic hydroxyl groups is 2. The van der Waals surface area contributed by atoms with Crippen LogP contribution in [0.25, 0.3) is 20.5 Å². The molecule has 7 heteroatoms. The zero-order valence-corrected chi connectivity index (χ0v) is 20.5. The van der Waals surface area contributed by atoms with Crippen LogP contribution in [-0.4, -0.2) is 45.9 Å². The van der Waals surface area contributed by atoms with Gasteiger partial charge in [0.25, 0.3) is 0 Å². The van der Waals surface area contributed by atoms with Crippen molar-refractivity contribution in [1.82, 2.24) is 0 Å². The molecule has 3 unspecified atom stereocenters. The molecule has 0 fully saturated rings. The van der Waals surface area contributed by atoms with Gasteiger partial charge in [-0.3, -0.25) is 14.4 Å². The van der Waals surface area contributed by atoms with Gasteiger partial charge in [0.2, 0.25) is 0 Å². The fourth-order valence-electron chi connectivity index (χ4n) is 5.36. The van der Waals surface area contributed by atoms with E-state index in [0.29, 0.717) is 24.8 Å². The number of aromatic hydroxyl groups is 1. The Hall–Kier alpha value is -2.87. The maximum absolute atomic E-state index is 13.2. The lowest BCUT2D eigenvalue weighted by Crippen LogP contribution is -2.32. The first-order chi connectivity index (χ1) is 16.8. The van der Waals surface area contributed by atoms with Gasteiger partial charge >= 0.3 is 0 Å². The average molecular weight is 495 g/mol. The standard InChI is InChI=1S/C28H30O6S/c1-16(31)10-24(33)22(15-30)18(8-9-29)11-17-12-21-20(6-7-23(32)28(21)25(34)13-17)27-14-19-4-2-3-5-26(19)35-27/h2-7,14,17-18,22,29-30,32H,8-13,15H2,1H3. The molecule has 3 N–H and O–H groups in total. The number of benzene rings is 2. The van der Waals surface area contributed by atoms with Crippen molar-refractivity contribution in [2.45, 2.75) is 39.0 Å². The molecule has 4 rings (SSSR count). The number of aliphatic hydroxyl groups excluding tert-OH is 2. The minimum atomic E-state index is -0.756. The Balaban J connectivity index is 1.66. The quantitative estimate of drug-likeness (QED) is 0.356. The number of hydrogen-bond acceptors (Lipinski definition) is 7. The largest absolute Gasteiger partial charge is 0.507 e. The van der Waals surface area contributed by atoms with Crippen molar-refractivity contribution in [3.63, 3.8) is 0 Å². The Morgan fingerprint density at radius 3 is 2.57 bits per heavy atom. The third-order valence-electron chi connectivity index (χ3n) is 6.97. The topological polar surface area (TPSA) is 112 Å². The normalized spacial score (nSPS) is 17.2. The van der Waals surface area contributed by atoms with Crippen LogP contribution in [0.3, 0.4) is 0 Å². The van der Waals surface area contributed by atoms with Crippen molar-refractivity contribution in [1.29, 1.82) is 0 Å². The van der Waals surface area contributed by atoms with E-state index in [4.69, 9.17) is 0 Å². The number of ketones is 3. The summed E-state index contributed by atoms with van der Waals surface area (Å²) in [6.07, 6.45) is 1.28. The first-order valence-electron chi connectivity index (χ1n) is 11.9. The van der Waals surface area contributed by atoms with Crippen molar-refractivity contribution < 1.29 is 29.7 Å². The third-order valence-corrected chi connectivity index (χ3v) is 8.12. The third kappa shape index (κ3) is 5.37. The second kappa shape index (κ2) is 10.8. The number of hydrogen-bond donors (Lipinski definition) is 3. The maximum Gasteiger partial charge on any atom is 0.167 e. The van der Waals surface area contributed by atoms with Crippen LogP contribution in [0.2, 0.25) is 0 Å². The number of carbonyl (C=O) groups is 3. The van der Waals surface area contributed by atoms with Gasteiger partial charge in [-0.1, -0.05) is 18.2 Å². The molecule has 3 aromatic rings. The summed E-state index contributed by atoms with van der Waals surface area (Å²) < 4.78 is 1.14. The van der Waals surface area contributed by atoms with E-state index in [0.717, 1.165) is 26.1 Å². The zero-order valence-electron chi connectivity index (χ0n) is 19.7. The van der Waals surface area contributed by atoms with Crippen molar-refractivity contribution in [2.75, 3.05) is 13.2 Å². The molecule has 0 radical (unpaired) electrons. The van der Waals surface area contributed by atoms with E-state index in [-0.39, 0.29) is 54.4 Å². The molecule has 1 heterocycles. The van der Waals surface area contributed by atoms with Crippen LogP contribution in [-0.2, 0) is 16.0 Å². The molecule has 1 aliphatic rings. The molecule has 1 aromatic heterocycles. The van der Waals surface area contributed by atoms with E-state index in [9.17, 15) is 29.7 Å². The number of phenolic OH excluding ortho intramolecular Hbond substituents is 1. The van der Waals surface area contributed by atoms with Crippen molar-refractivity contribution in [3.8, 4) is 16.2 Å². The van der Waals surface area contributed by atoms with Gasteiger partial charge in [-0.2, -0.15) is 0 Å². The van der Waals surface area contributed by atoms with Crippen molar-refractivity contribution in [3.05, 3.63) is 53.6 Å². The molecule has 3 atom stereocenters. The Morgan fingerprint density at radius 1 is 1.11 bits per heavy atom. The molecular formula is C28H30O6S. The van der Waals surface area contributed by atoms with Gasteiger partial charge < -0.3 is 15.3 Å². The van der Waals surface area contributed by atoms with E-state index in [1.54, 1.807) is 17.4 Å². The highest BCUT2D eigenvalue weighted by atomic mass is 32.1. The van der Waals surface area contributed by atoms with Crippen molar-refractivity contribution >= 4 is 38.8 Å². The number of rotatable bonds is 10. The van der Waals surface area contributed by atoms with Gasteiger partial charge in [-0.15, -0.1) is 11.3 Å². The van der Waals surface area contributed by atoms with E-state index in [1.807, 2.05) is 24.3 Å². The Morgan fingerprint density at radius 2 is 1.89 bits per heavy atom. The monoisotopic (exact) mass is 494 g/mol. The Labute approximate surface area is 208 Å². The molecule has 0 amide bonds. The smallest absolute Gasteiger partial charge is 0.167 e. The highest BCUT2D eigenvalue weighted by molar-refractivity contribution is 7.22. The van der Waals surface area contributed by atoms with E-state index < -0.39 is 12.5 Å². The summed E-state index contributed by atoms with van der Waals surface area (Å²) in [7, 11) is 0. The fraction of sp³-hybridized carbons (Fsp3) is 0.393. The Kier molecular flexibility index (Phi) is 7.79. The molecule has 35 heavy (non-hydrogen) atoms. The summed E-state index contributed by atoms with van der Waals surface area (Å²) in [6, 6.07) is 13.6. The van der Waals surface area contributed by atoms with Crippen LogP contribution in [0.15, 0.2) is 42.5 Å². The molecule has 184 valence electrons. The van der Waals surface area contributed by atoms with E-state index in [2.05, 4.69) is 12.1 Å². The minimum Gasteiger partial charge on any atom is -0.507 e. The lowest BCUT2D eigenvalue weighted by Gasteiger charge is -2.31. The second-order valence-electron chi connectivity index (χ2n) is 9.47. The number of phenols is 1. The SMILES string of the molecule is CC(=O)CC(=O)C(CO)C(CCO)CC1CC(=O)c2c(O)ccc(-c3cc4ccccc4s3)c2C1. The van der Waals surface area contributed by atoms with Crippen LogP contribution in [0.1, 0.15) is 48.5 Å². The molecule has 0 saturated carbocycles. The predicted molar refractivity (Wildman–Crippen MR) is 136 cm³/mol. The number of fused-ring (bicyclic) bond motifs is 2. The lowest BCUT2D eigenvalue weighted by molar-refractivity contribution is -0.131. The van der Waals surface area contributed by atoms with Crippen LogP contribution in [0, 0.1) is 17.8 Å². The molecule has 1 aliphatic carbocycles. The van der Waals surface area contributed by atoms with Gasteiger partial charge in [0.05, 0.1) is 18.6 Å². The number of thiophene rings is 1. The molecule has 0 spiro atoms. The van der Waals surface area contributed by atoms with Gasteiger partial charge in [-0.05, 0) is 78.8 Å². The summed E-state index contributed by atoms with van der Waals surface area (Å²) in [5.41, 5.74) is 2.08. The van der Waals surface area contributed by atoms with Gasteiger partial charge in [0.15, 0.2) is 5.78 Å². The molecule has 0 bridgehead atoms. The highest BCUT2D eigenvalue weighted by Crippen LogP contribution is 2.43. The fourth-order valence-corrected chi connectivity index (χ4v) is 6.48. The van der Waals surface area contributed by atoms with E-state index in [1.165, 1.54) is 6.92 Å². The van der Waals surface area contributed by atoms with Crippen LogP contribution < -0.4 is 0 Å². The zero-order chi connectivity index (χ0) is 25.1. The molecule has 2 aromatic carbocycles. The summed E-state index contributed by atoms with van der Waals surface area (Å²) >= 11 is 1.64. The average Bonchev–Trinajstić information content (AvgIpc) is 3.23. The van der Waals surface area contributed by atoms with Gasteiger partial charge in [-0.25, -0.2) is 0 Å². The Bertz CT molecular complexity index is 1230. The minimum absolute atomic E-state index is 0.0231. The molecule has 0 saturated heterocycles. The molecular weight excluding hydrogens is 464 g/mol. The first kappa shape index (κ1) is 25.2. The predicted octanol–water partition coefficient (Wildman–Crippen LogP) is 4.56. The van der Waals surface area contributed by atoms with Crippen LogP contribution in [0.4, 0.5) is 0 Å². The number of carbonyl (C=O) groups excluding carboxylic acids is 3. The van der Waals surface area contributed by atoms with Crippen LogP contribution >= 0.6 is 11.3 Å². The summed E-state index contributed by atoms with van der Waals surface area (Å²) in [5.74, 6) is -1.97. The summed E-state index contributed by atoms with van der Waals surface area (Å²) in [5, 5.41) is 31.2. The summed E-state index contributed by atoms with van der Waals surface area (Å²) in [4.78, 5) is 38.3. The molecule has 0 aliphatic heterocycles. The van der Waals surface area contributed by atoms with Gasteiger partial charge in [0.1, 0.15) is 17.3 Å². The highest BCUT2D eigenvalue weighted by Gasteiger charge is 2.35. The molecule has 6 nitrogen and oxygen atoms in total. The second-order valence-corrected chi connectivity index (χ2v) is 10.6.